The number of carbonyl (C=O) groups excluding carboxylic acids is 1. The third-order valence-electron chi connectivity index (χ3n) is 2.18. The van der Waals surface area contributed by atoms with E-state index in [1.807, 2.05) is 30.3 Å². The molecule has 0 unspecified atom stereocenters. The third kappa shape index (κ3) is 2.12. The molecule has 0 aromatic heterocycles. The second kappa shape index (κ2) is 4.24. The van der Waals surface area contributed by atoms with E-state index in [0.717, 1.165) is 6.42 Å². The van der Waals surface area contributed by atoms with E-state index in [0.29, 0.717) is 13.2 Å². The molecule has 1 aliphatic heterocycles. The Bertz CT molecular complexity index is 310. The monoisotopic (exact) mass is 190 g/mol. The molecule has 0 atom stereocenters. The van der Waals surface area contributed by atoms with Crippen LogP contribution in [0.4, 0.5) is 0 Å². The highest BCUT2D eigenvalue weighted by Crippen LogP contribution is 2.07. The largest absolute Gasteiger partial charge is 0.272 e. The summed E-state index contributed by atoms with van der Waals surface area (Å²) in [7, 11) is 0. The predicted octanol–water partition coefficient (Wildman–Crippen LogP) is 1.21. The minimum absolute atomic E-state index is 0.0269. The van der Waals surface area contributed by atoms with E-state index < -0.39 is 0 Å². The lowest BCUT2D eigenvalue weighted by Gasteiger charge is -2.13. The fraction of sp³-hybridized carbons (Fsp3) is 0.273. The molecule has 3 heteroatoms. The van der Waals surface area contributed by atoms with Crippen molar-refractivity contribution in [3.8, 4) is 0 Å². The quantitative estimate of drug-likeness (QED) is 0.717. The standard InChI is InChI=1S/C11H12NO2/c13-11-7-9-14-12(11)8-6-10-4-2-1-3-5-10/h1-5,7H,6,8-9H2. The Labute approximate surface area is 83.2 Å². The zero-order valence-corrected chi connectivity index (χ0v) is 7.85. The lowest BCUT2D eigenvalue weighted by molar-refractivity contribution is -0.161. The van der Waals surface area contributed by atoms with Crippen LogP contribution in [0.3, 0.4) is 0 Å². The zero-order valence-electron chi connectivity index (χ0n) is 7.85. The van der Waals surface area contributed by atoms with Crippen LogP contribution >= 0.6 is 0 Å². The molecule has 73 valence electrons. The smallest absolute Gasteiger partial charge is 0.252 e. The van der Waals surface area contributed by atoms with E-state index in [9.17, 15) is 4.79 Å². The molecule has 1 aromatic rings. The first kappa shape index (κ1) is 9.21. The van der Waals surface area contributed by atoms with Gasteiger partial charge in [-0.3, -0.25) is 9.63 Å². The van der Waals surface area contributed by atoms with Gasteiger partial charge < -0.3 is 0 Å². The molecule has 2 rings (SSSR count). The Morgan fingerprint density at radius 1 is 1.29 bits per heavy atom. The number of hydroxylamine groups is 2. The van der Waals surface area contributed by atoms with Crippen LogP contribution in [-0.4, -0.2) is 24.1 Å². The molecule has 1 heterocycles. The minimum atomic E-state index is -0.0269. The van der Waals surface area contributed by atoms with Gasteiger partial charge in [0.15, 0.2) is 0 Å². The second-order valence-corrected chi connectivity index (χ2v) is 3.18. The van der Waals surface area contributed by atoms with Crippen molar-refractivity contribution in [3.05, 3.63) is 42.3 Å². The molecule has 1 aliphatic rings. The maximum Gasteiger partial charge on any atom is 0.252 e. The average molecular weight is 190 g/mol. The fourth-order valence-electron chi connectivity index (χ4n) is 1.41. The molecule has 0 spiro atoms. The van der Waals surface area contributed by atoms with Gasteiger partial charge in [-0.05, 0) is 12.0 Å². The topological polar surface area (TPSA) is 29.5 Å². The van der Waals surface area contributed by atoms with Crippen molar-refractivity contribution >= 4 is 5.91 Å². The van der Waals surface area contributed by atoms with Crippen molar-refractivity contribution in [1.82, 2.24) is 5.06 Å². The van der Waals surface area contributed by atoms with Crippen LogP contribution in [0, 0.1) is 6.42 Å². The summed E-state index contributed by atoms with van der Waals surface area (Å²) in [5.41, 5.74) is 1.22. The Morgan fingerprint density at radius 3 is 2.71 bits per heavy atom. The van der Waals surface area contributed by atoms with Crippen LogP contribution in [0.5, 0.6) is 0 Å². The highest BCUT2D eigenvalue weighted by molar-refractivity contribution is 5.85. The summed E-state index contributed by atoms with van der Waals surface area (Å²) in [5.74, 6) is -0.0269. The SMILES string of the molecule is O=C1[CH]CON1CCc1ccccc1. The minimum Gasteiger partial charge on any atom is -0.272 e. The fourth-order valence-corrected chi connectivity index (χ4v) is 1.41. The van der Waals surface area contributed by atoms with Crippen molar-refractivity contribution in [1.29, 1.82) is 0 Å². The first-order chi connectivity index (χ1) is 6.86. The normalized spacial score (nSPS) is 16.3. The number of carbonyl (C=O) groups is 1. The summed E-state index contributed by atoms with van der Waals surface area (Å²) < 4.78 is 0. The maximum absolute atomic E-state index is 11.1. The van der Waals surface area contributed by atoms with Crippen LogP contribution in [-0.2, 0) is 16.1 Å². The molecule has 0 saturated carbocycles. The predicted molar refractivity (Wildman–Crippen MR) is 52.1 cm³/mol. The summed E-state index contributed by atoms with van der Waals surface area (Å²) in [4.78, 5) is 16.3. The Kier molecular flexibility index (Phi) is 2.79. The number of benzene rings is 1. The molecular formula is C11H12NO2. The van der Waals surface area contributed by atoms with Gasteiger partial charge in [0.25, 0.3) is 5.91 Å². The van der Waals surface area contributed by atoms with E-state index in [4.69, 9.17) is 4.84 Å². The summed E-state index contributed by atoms with van der Waals surface area (Å²) in [6.07, 6.45) is 2.38. The number of amides is 1. The van der Waals surface area contributed by atoms with Gasteiger partial charge in [-0.1, -0.05) is 30.3 Å². The molecule has 1 radical (unpaired) electrons. The maximum atomic E-state index is 11.1. The summed E-state index contributed by atoms with van der Waals surface area (Å²) in [6.45, 7) is 1.03. The number of nitrogens with zero attached hydrogens (tertiary/aromatic N) is 1. The Hall–Kier alpha value is -1.35. The van der Waals surface area contributed by atoms with Crippen LogP contribution in [0.2, 0.25) is 0 Å². The summed E-state index contributed by atoms with van der Waals surface area (Å²) in [5, 5.41) is 1.41. The second-order valence-electron chi connectivity index (χ2n) is 3.18. The molecule has 1 saturated heterocycles. The van der Waals surface area contributed by atoms with Gasteiger partial charge >= 0.3 is 0 Å². The van der Waals surface area contributed by atoms with Crippen molar-refractivity contribution in [2.45, 2.75) is 6.42 Å². The lowest BCUT2D eigenvalue weighted by atomic mass is 10.1. The lowest BCUT2D eigenvalue weighted by Crippen LogP contribution is -2.25. The molecule has 14 heavy (non-hydrogen) atoms. The number of hydrogen-bond donors (Lipinski definition) is 0. The van der Waals surface area contributed by atoms with Gasteiger partial charge in [0.2, 0.25) is 0 Å². The van der Waals surface area contributed by atoms with E-state index >= 15 is 0 Å². The van der Waals surface area contributed by atoms with E-state index in [2.05, 4.69) is 0 Å². The van der Waals surface area contributed by atoms with Gasteiger partial charge in [0.05, 0.1) is 19.6 Å². The van der Waals surface area contributed by atoms with Crippen molar-refractivity contribution in [2.75, 3.05) is 13.2 Å². The number of hydrogen-bond acceptors (Lipinski definition) is 2. The van der Waals surface area contributed by atoms with Crippen LogP contribution in [0.15, 0.2) is 30.3 Å². The van der Waals surface area contributed by atoms with Crippen molar-refractivity contribution in [2.24, 2.45) is 0 Å². The molecule has 0 N–H and O–H groups in total. The van der Waals surface area contributed by atoms with Gasteiger partial charge in [0.1, 0.15) is 0 Å². The van der Waals surface area contributed by atoms with Crippen LogP contribution in [0.25, 0.3) is 0 Å². The Morgan fingerprint density at radius 2 is 2.07 bits per heavy atom. The van der Waals surface area contributed by atoms with Gasteiger partial charge in [0, 0.05) is 0 Å². The van der Waals surface area contributed by atoms with Crippen molar-refractivity contribution in [3.63, 3.8) is 0 Å². The Balaban J connectivity index is 1.85. The van der Waals surface area contributed by atoms with Crippen molar-refractivity contribution < 1.29 is 9.63 Å². The molecule has 1 aromatic carbocycles. The molecular weight excluding hydrogens is 178 g/mol. The van der Waals surface area contributed by atoms with E-state index in [-0.39, 0.29) is 5.91 Å². The first-order valence-corrected chi connectivity index (χ1v) is 4.68. The molecule has 0 aliphatic carbocycles. The summed E-state index contributed by atoms with van der Waals surface area (Å²) >= 11 is 0. The van der Waals surface area contributed by atoms with E-state index in [1.54, 1.807) is 6.42 Å². The molecule has 1 fully saturated rings. The highest BCUT2D eigenvalue weighted by Gasteiger charge is 2.21. The molecule has 3 nitrogen and oxygen atoms in total. The van der Waals surface area contributed by atoms with E-state index in [1.165, 1.54) is 10.6 Å². The highest BCUT2D eigenvalue weighted by atomic mass is 16.7. The molecule has 0 bridgehead atoms. The van der Waals surface area contributed by atoms with Gasteiger partial charge in [-0.2, -0.15) is 0 Å². The zero-order chi connectivity index (χ0) is 9.80. The van der Waals surface area contributed by atoms with Gasteiger partial charge in [-0.15, -0.1) is 0 Å². The van der Waals surface area contributed by atoms with Crippen LogP contribution in [0.1, 0.15) is 5.56 Å². The van der Waals surface area contributed by atoms with Crippen LogP contribution < -0.4 is 0 Å². The number of rotatable bonds is 3. The average Bonchev–Trinajstić information content (AvgIpc) is 2.63. The first-order valence-electron chi connectivity index (χ1n) is 4.68. The molecule has 1 amide bonds. The summed E-state index contributed by atoms with van der Waals surface area (Å²) in [6, 6.07) is 10.1. The van der Waals surface area contributed by atoms with Gasteiger partial charge in [-0.25, -0.2) is 5.06 Å². The third-order valence-corrected chi connectivity index (χ3v) is 2.18.